The van der Waals surface area contributed by atoms with Gasteiger partial charge in [-0.25, -0.2) is 4.79 Å². The zero-order chi connectivity index (χ0) is 23.6. The quantitative estimate of drug-likeness (QED) is 0.687. The lowest BCUT2D eigenvalue weighted by atomic mass is 9.67. The van der Waals surface area contributed by atoms with Crippen LogP contribution in [0.3, 0.4) is 0 Å². The van der Waals surface area contributed by atoms with E-state index in [1.165, 1.54) is 0 Å². The van der Waals surface area contributed by atoms with Crippen molar-refractivity contribution >= 4 is 17.8 Å². The van der Waals surface area contributed by atoms with Crippen molar-refractivity contribution in [1.29, 1.82) is 0 Å². The van der Waals surface area contributed by atoms with E-state index in [1.54, 1.807) is 4.90 Å². The molecule has 4 rings (SSSR count). The lowest BCUT2D eigenvalue weighted by Gasteiger charge is -2.40. The molecule has 1 aromatic rings. The van der Waals surface area contributed by atoms with Crippen molar-refractivity contribution in [2.24, 2.45) is 11.3 Å². The fourth-order valence-electron chi connectivity index (χ4n) is 5.43. The van der Waals surface area contributed by atoms with Gasteiger partial charge in [0.25, 0.3) is 5.91 Å². The average molecular weight is 456 g/mol. The average Bonchev–Trinajstić information content (AvgIpc) is 3.02. The van der Waals surface area contributed by atoms with Gasteiger partial charge in [0, 0.05) is 13.1 Å². The molecule has 3 fully saturated rings. The van der Waals surface area contributed by atoms with Gasteiger partial charge < -0.3 is 15.0 Å². The summed E-state index contributed by atoms with van der Waals surface area (Å²) in [6, 6.07) is 9.63. The highest BCUT2D eigenvalue weighted by atomic mass is 16.5. The van der Waals surface area contributed by atoms with E-state index in [4.69, 9.17) is 4.74 Å². The maximum Gasteiger partial charge on any atom is 0.325 e. The Morgan fingerprint density at radius 3 is 2.30 bits per heavy atom. The number of hydrogen-bond donors (Lipinski definition) is 1. The molecule has 0 bridgehead atoms. The molecule has 1 spiro atoms. The summed E-state index contributed by atoms with van der Waals surface area (Å²) in [7, 11) is 0. The summed E-state index contributed by atoms with van der Waals surface area (Å²) in [6.45, 7) is 8.24. The van der Waals surface area contributed by atoms with Gasteiger partial charge in [-0.3, -0.25) is 14.5 Å². The molecule has 7 heteroatoms. The molecule has 33 heavy (non-hydrogen) atoms. The predicted molar refractivity (Wildman–Crippen MR) is 125 cm³/mol. The lowest BCUT2D eigenvalue weighted by Crippen LogP contribution is -2.51. The number of likely N-dealkylation sites (tertiary alicyclic amines) is 1. The first kappa shape index (κ1) is 23.7. The molecule has 1 aliphatic carbocycles. The van der Waals surface area contributed by atoms with E-state index < -0.39 is 11.6 Å². The van der Waals surface area contributed by atoms with E-state index in [0.717, 1.165) is 36.1 Å². The highest BCUT2D eigenvalue weighted by molar-refractivity contribution is 6.09. The predicted octanol–water partition coefficient (Wildman–Crippen LogP) is 3.72. The van der Waals surface area contributed by atoms with Crippen LogP contribution < -0.4 is 5.32 Å². The summed E-state index contributed by atoms with van der Waals surface area (Å²) in [4.78, 5) is 41.6. The van der Waals surface area contributed by atoms with E-state index in [0.29, 0.717) is 38.5 Å². The molecular formula is C26H37N3O4. The molecule has 0 atom stereocenters. The van der Waals surface area contributed by atoms with E-state index >= 15 is 0 Å². The molecule has 7 nitrogen and oxygen atoms in total. The monoisotopic (exact) mass is 455 g/mol. The Hall–Kier alpha value is -2.41. The molecule has 0 unspecified atom stereocenters. The summed E-state index contributed by atoms with van der Waals surface area (Å²) < 4.78 is 6.01. The topological polar surface area (TPSA) is 79.0 Å². The van der Waals surface area contributed by atoms with Crippen LogP contribution >= 0.6 is 0 Å². The van der Waals surface area contributed by atoms with Crippen LogP contribution in [-0.4, -0.2) is 58.9 Å². The van der Waals surface area contributed by atoms with E-state index in [1.807, 2.05) is 30.3 Å². The molecule has 0 radical (unpaired) electrons. The molecular weight excluding hydrogens is 418 g/mol. The number of nitrogens with zero attached hydrogens (tertiary/aromatic N) is 2. The second-order valence-electron chi connectivity index (χ2n) is 10.9. The van der Waals surface area contributed by atoms with Crippen LogP contribution in [0, 0.1) is 11.3 Å². The second-order valence-corrected chi connectivity index (χ2v) is 10.9. The molecule has 1 saturated carbocycles. The Kier molecular flexibility index (Phi) is 6.80. The van der Waals surface area contributed by atoms with Gasteiger partial charge in [-0.2, -0.15) is 0 Å². The van der Waals surface area contributed by atoms with Gasteiger partial charge in [0.15, 0.2) is 0 Å². The Balaban J connectivity index is 1.26. The van der Waals surface area contributed by atoms with Crippen LogP contribution in [0.25, 0.3) is 0 Å². The van der Waals surface area contributed by atoms with Crippen molar-refractivity contribution in [2.45, 2.75) is 77.5 Å². The summed E-state index contributed by atoms with van der Waals surface area (Å²) in [5.74, 6) is 0.142. The standard InChI is InChI=1S/C26H37N3O4/c1-25(2,3)20-9-13-26(14-10-20)23(31)29(24(32)27-26)17-22(30)28-15-11-21(12-16-28)33-18-19-7-5-4-6-8-19/h4-8,20-21H,9-18H2,1-3H3,(H,27,32). The highest BCUT2D eigenvalue weighted by Gasteiger charge is 2.53. The number of imide groups is 1. The number of nitrogens with one attached hydrogen (secondary N) is 1. The molecule has 1 aromatic carbocycles. The van der Waals surface area contributed by atoms with Crippen molar-refractivity contribution in [1.82, 2.24) is 15.1 Å². The summed E-state index contributed by atoms with van der Waals surface area (Å²) in [5, 5.41) is 2.94. The largest absolute Gasteiger partial charge is 0.373 e. The lowest BCUT2D eigenvalue weighted by molar-refractivity contribution is -0.141. The number of carbonyl (C=O) groups is 3. The highest BCUT2D eigenvalue weighted by Crippen LogP contribution is 2.43. The number of urea groups is 1. The van der Waals surface area contributed by atoms with Crippen molar-refractivity contribution in [3.63, 3.8) is 0 Å². The summed E-state index contributed by atoms with van der Waals surface area (Å²) in [6.07, 6.45) is 4.75. The summed E-state index contributed by atoms with van der Waals surface area (Å²) >= 11 is 0. The minimum atomic E-state index is -0.822. The van der Waals surface area contributed by atoms with Crippen molar-refractivity contribution < 1.29 is 19.1 Å². The molecule has 2 heterocycles. The maximum atomic E-state index is 13.2. The van der Waals surface area contributed by atoms with Gasteiger partial charge >= 0.3 is 6.03 Å². The first-order chi connectivity index (χ1) is 15.7. The zero-order valence-corrected chi connectivity index (χ0v) is 20.1. The first-order valence-corrected chi connectivity index (χ1v) is 12.3. The number of benzene rings is 1. The number of hydrogen-bond acceptors (Lipinski definition) is 4. The zero-order valence-electron chi connectivity index (χ0n) is 20.1. The third-order valence-corrected chi connectivity index (χ3v) is 7.73. The fraction of sp³-hybridized carbons (Fsp3) is 0.654. The normalized spacial score (nSPS) is 26.7. The van der Waals surface area contributed by atoms with E-state index in [9.17, 15) is 14.4 Å². The molecule has 0 aromatic heterocycles. The van der Waals surface area contributed by atoms with Crippen molar-refractivity contribution in [3.8, 4) is 0 Å². The third-order valence-electron chi connectivity index (χ3n) is 7.73. The van der Waals surface area contributed by atoms with Crippen LogP contribution in [0.2, 0.25) is 0 Å². The van der Waals surface area contributed by atoms with Crippen molar-refractivity contribution in [3.05, 3.63) is 35.9 Å². The van der Waals surface area contributed by atoms with Gasteiger partial charge in [0.1, 0.15) is 12.1 Å². The van der Waals surface area contributed by atoms with Gasteiger partial charge in [-0.15, -0.1) is 0 Å². The van der Waals surface area contributed by atoms with E-state index in [-0.39, 0.29) is 29.9 Å². The molecule has 2 aliphatic heterocycles. The number of amides is 4. The number of carbonyl (C=O) groups excluding carboxylic acids is 3. The minimum Gasteiger partial charge on any atom is -0.373 e. The van der Waals surface area contributed by atoms with Gasteiger partial charge in [0.05, 0.1) is 12.7 Å². The smallest absolute Gasteiger partial charge is 0.325 e. The molecule has 4 amide bonds. The van der Waals surface area contributed by atoms with Crippen LogP contribution in [0.5, 0.6) is 0 Å². The molecule has 180 valence electrons. The Bertz CT molecular complexity index is 863. The number of rotatable bonds is 5. The second kappa shape index (κ2) is 9.45. The maximum absolute atomic E-state index is 13.2. The van der Waals surface area contributed by atoms with Gasteiger partial charge in [0.2, 0.25) is 5.91 Å². The molecule has 1 N–H and O–H groups in total. The van der Waals surface area contributed by atoms with Crippen LogP contribution in [0.1, 0.15) is 64.9 Å². The number of ether oxygens (including phenoxy) is 1. The Morgan fingerprint density at radius 1 is 1.06 bits per heavy atom. The van der Waals surface area contributed by atoms with E-state index in [2.05, 4.69) is 26.1 Å². The first-order valence-electron chi connectivity index (χ1n) is 12.3. The minimum absolute atomic E-state index is 0.118. The third kappa shape index (κ3) is 5.24. The van der Waals surface area contributed by atoms with Crippen LogP contribution in [0.4, 0.5) is 4.79 Å². The van der Waals surface area contributed by atoms with Crippen LogP contribution in [0.15, 0.2) is 30.3 Å². The summed E-state index contributed by atoms with van der Waals surface area (Å²) in [5.41, 5.74) is 0.511. The Morgan fingerprint density at radius 2 is 1.70 bits per heavy atom. The van der Waals surface area contributed by atoms with Gasteiger partial charge in [-0.05, 0) is 55.4 Å². The van der Waals surface area contributed by atoms with Crippen molar-refractivity contribution in [2.75, 3.05) is 19.6 Å². The van der Waals surface area contributed by atoms with Gasteiger partial charge in [-0.1, -0.05) is 51.1 Å². The Labute approximate surface area is 196 Å². The SMILES string of the molecule is CC(C)(C)C1CCC2(CC1)NC(=O)N(CC(=O)N1CCC(OCc3ccccc3)CC1)C2=O. The van der Waals surface area contributed by atoms with Crippen LogP contribution in [-0.2, 0) is 20.9 Å². The molecule has 2 saturated heterocycles. The fourth-order valence-corrected chi connectivity index (χ4v) is 5.43. The number of piperidine rings is 1. The molecule has 3 aliphatic rings.